The highest BCUT2D eigenvalue weighted by Crippen LogP contribution is 2.39. The van der Waals surface area contributed by atoms with Crippen molar-refractivity contribution in [2.75, 3.05) is 0 Å². The summed E-state index contributed by atoms with van der Waals surface area (Å²) in [5, 5.41) is 11.1. The van der Waals surface area contributed by atoms with Crippen molar-refractivity contribution in [2.45, 2.75) is 77.4 Å². The average molecular weight is 290 g/mol. The van der Waals surface area contributed by atoms with Crippen molar-refractivity contribution in [3.05, 3.63) is 29.8 Å². The highest BCUT2D eigenvalue weighted by molar-refractivity contribution is 5.32. The van der Waals surface area contributed by atoms with Crippen molar-refractivity contribution >= 4 is 0 Å². The van der Waals surface area contributed by atoms with E-state index in [1.807, 2.05) is 38.1 Å². The summed E-state index contributed by atoms with van der Waals surface area (Å²) in [5.41, 5.74) is 0.358. The van der Waals surface area contributed by atoms with Gasteiger partial charge in [0.15, 0.2) is 0 Å². The first-order valence-corrected chi connectivity index (χ1v) is 8.53. The van der Waals surface area contributed by atoms with Gasteiger partial charge in [0.1, 0.15) is 5.75 Å². The third kappa shape index (κ3) is 4.47. The van der Waals surface area contributed by atoms with Gasteiger partial charge >= 0.3 is 0 Å². The third-order valence-electron chi connectivity index (χ3n) is 4.61. The van der Waals surface area contributed by atoms with Crippen LogP contribution in [0, 0.1) is 5.92 Å². The van der Waals surface area contributed by atoms with Gasteiger partial charge in [-0.2, -0.15) is 0 Å². The van der Waals surface area contributed by atoms with Crippen molar-refractivity contribution in [3.8, 4) is 5.75 Å². The molecule has 1 aliphatic carbocycles. The van der Waals surface area contributed by atoms with E-state index < -0.39 is 5.60 Å². The fourth-order valence-electron chi connectivity index (χ4n) is 3.51. The van der Waals surface area contributed by atoms with Crippen LogP contribution in [0.15, 0.2) is 24.3 Å². The van der Waals surface area contributed by atoms with E-state index in [4.69, 9.17) is 4.74 Å². The van der Waals surface area contributed by atoms with Crippen LogP contribution in [0.1, 0.15) is 71.3 Å². The monoisotopic (exact) mass is 290 g/mol. The Morgan fingerprint density at radius 1 is 1.29 bits per heavy atom. The Kier molecular flexibility index (Phi) is 5.69. The SMILES string of the molecule is CCCC1CCCC(O)(c2cccc(OC(C)C)c2)CC1. The van der Waals surface area contributed by atoms with Crippen molar-refractivity contribution in [2.24, 2.45) is 5.92 Å². The maximum atomic E-state index is 11.1. The normalized spacial score (nSPS) is 26.6. The van der Waals surface area contributed by atoms with Crippen LogP contribution in [0.5, 0.6) is 5.75 Å². The van der Waals surface area contributed by atoms with Crippen LogP contribution in [0.4, 0.5) is 0 Å². The maximum Gasteiger partial charge on any atom is 0.120 e. The molecule has 21 heavy (non-hydrogen) atoms. The lowest BCUT2D eigenvalue weighted by Gasteiger charge is -2.28. The molecule has 2 nitrogen and oxygen atoms in total. The lowest BCUT2D eigenvalue weighted by molar-refractivity contribution is 0.0192. The first-order valence-electron chi connectivity index (χ1n) is 8.53. The zero-order valence-electron chi connectivity index (χ0n) is 13.8. The van der Waals surface area contributed by atoms with E-state index in [2.05, 4.69) is 6.92 Å². The van der Waals surface area contributed by atoms with Gasteiger partial charge in [-0.1, -0.05) is 38.3 Å². The average Bonchev–Trinajstić information content (AvgIpc) is 2.62. The Balaban J connectivity index is 2.12. The molecule has 0 bridgehead atoms. The number of benzene rings is 1. The zero-order valence-corrected chi connectivity index (χ0v) is 13.8. The largest absolute Gasteiger partial charge is 0.491 e. The van der Waals surface area contributed by atoms with Gasteiger partial charge in [-0.25, -0.2) is 0 Å². The second-order valence-electron chi connectivity index (χ2n) is 6.81. The van der Waals surface area contributed by atoms with E-state index in [1.54, 1.807) is 0 Å². The number of hydrogen-bond donors (Lipinski definition) is 1. The summed E-state index contributed by atoms with van der Waals surface area (Å²) >= 11 is 0. The molecule has 0 saturated heterocycles. The molecule has 2 atom stereocenters. The summed E-state index contributed by atoms with van der Waals surface area (Å²) in [5.74, 6) is 1.66. The molecule has 0 spiro atoms. The van der Waals surface area contributed by atoms with Crippen LogP contribution in [0.25, 0.3) is 0 Å². The van der Waals surface area contributed by atoms with Gasteiger partial charge in [-0.05, 0) is 63.1 Å². The van der Waals surface area contributed by atoms with Gasteiger partial charge in [-0.3, -0.25) is 0 Å². The molecule has 1 saturated carbocycles. The molecule has 0 heterocycles. The van der Waals surface area contributed by atoms with Crippen LogP contribution in [-0.2, 0) is 5.60 Å². The summed E-state index contributed by atoms with van der Waals surface area (Å²) in [4.78, 5) is 0. The standard InChI is InChI=1S/C19H30O2/c1-4-7-16-8-6-12-19(20,13-11-16)17-9-5-10-18(14-17)21-15(2)3/h5,9-10,14-16,20H,4,6-8,11-13H2,1-3H3. The minimum absolute atomic E-state index is 0.165. The van der Waals surface area contributed by atoms with Gasteiger partial charge in [0.05, 0.1) is 11.7 Å². The Morgan fingerprint density at radius 2 is 2.10 bits per heavy atom. The molecular formula is C19H30O2. The topological polar surface area (TPSA) is 29.5 Å². The first-order chi connectivity index (χ1) is 10.0. The van der Waals surface area contributed by atoms with Crippen LogP contribution < -0.4 is 4.74 Å². The van der Waals surface area contributed by atoms with Crippen molar-refractivity contribution in [1.82, 2.24) is 0 Å². The molecule has 2 rings (SSSR count). The summed E-state index contributed by atoms with van der Waals surface area (Å²) in [6.07, 6.45) is 7.99. The highest BCUT2D eigenvalue weighted by Gasteiger charge is 2.32. The number of ether oxygens (including phenoxy) is 1. The van der Waals surface area contributed by atoms with E-state index in [0.29, 0.717) is 0 Å². The van der Waals surface area contributed by atoms with Crippen LogP contribution in [0.2, 0.25) is 0 Å². The second-order valence-corrected chi connectivity index (χ2v) is 6.81. The van der Waals surface area contributed by atoms with Gasteiger partial charge < -0.3 is 9.84 Å². The molecule has 2 unspecified atom stereocenters. The van der Waals surface area contributed by atoms with Gasteiger partial charge in [0.2, 0.25) is 0 Å². The quantitative estimate of drug-likeness (QED) is 0.770. The van der Waals surface area contributed by atoms with Crippen molar-refractivity contribution in [3.63, 3.8) is 0 Å². The lowest BCUT2D eigenvalue weighted by Crippen LogP contribution is -2.25. The second kappa shape index (κ2) is 7.31. The van der Waals surface area contributed by atoms with Crippen LogP contribution in [-0.4, -0.2) is 11.2 Å². The third-order valence-corrected chi connectivity index (χ3v) is 4.61. The molecule has 1 N–H and O–H groups in total. The number of hydrogen-bond acceptors (Lipinski definition) is 2. The number of aliphatic hydroxyl groups is 1. The Bertz CT molecular complexity index is 441. The van der Waals surface area contributed by atoms with E-state index in [0.717, 1.165) is 42.9 Å². The molecule has 0 radical (unpaired) electrons. The van der Waals surface area contributed by atoms with Gasteiger partial charge in [0, 0.05) is 0 Å². The summed E-state index contributed by atoms with van der Waals surface area (Å²) in [6, 6.07) is 8.05. The van der Waals surface area contributed by atoms with Gasteiger partial charge in [-0.15, -0.1) is 0 Å². The highest BCUT2D eigenvalue weighted by atomic mass is 16.5. The summed E-state index contributed by atoms with van der Waals surface area (Å²) in [7, 11) is 0. The Morgan fingerprint density at radius 3 is 2.81 bits per heavy atom. The summed E-state index contributed by atoms with van der Waals surface area (Å²) < 4.78 is 5.77. The van der Waals surface area contributed by atoms with E-state index in [-0.39, 0.29) is 6.10 Å². The smallest absolute Gasteiger partial charge is 0.120 e. The van der Waals surface area contributed by atoms with E-state index in [1.165, 1.54) is 19.3 Å². The number of rotatable bonds is 5. The molecule has 0 aliphatic heterocycles. The molecule has 0 amide bonds. The molecule has 1 aliphatic rings. The first kappa shape index (κ1) is 16.4. The lowest BCUT2D eigenvalue weighted by atomic mass is 9.86. The molecule has 0 aromatic heterocycles. The maximum absolute atomic E-state index is 11.1. The molecule has 1 aromatic rings. The predicted octanol–water partition coefficient (Wildman–Crippen LogP) is 5.04. The molecule has 1 aromatic carbocycles. The molecule has 2 heteroatoms. The van der Waals surface area contributed by atoms with Crippen molar-refractivity contribution in [1.29, 1.82) is 0 Å². The molecule has 1 fully saturated rings. The zero-order chi connectivity index (χ0) is 15.3. The van der Waals surface area contributed by atoms with Crippen molar-refractivity contribution < 1.29 is 9.84 Å². The van der Waals surface area contributed by atoms with Crippen LogP contribution >= 0.6 is 0 Å². The van der Waals surface area contributed by atoms with Crippen LogP contribution in [0.3, 0.4) is 0 Å². The molecular weight excluding hydrogens is 260 g/mol. The Hall–Kier alpha value is -1.02. The minimum atomic E-state index is -0.668. The molecule has 118 valence electrons. The fourth-order valence-corrected chi connectivity index (χ4v) is 3.51. The van der Waals surface area contributed by atoms with E-state index >= 15 is 0 Å². The predicted molar refractivity (Wildman–Crippen MR) is 87.6 cm³/mol. The van der Waals surface area contributed by atoms with E-state index in [9.17, 15) is 5.11 Å². The summed E-state index contributed by atoms with van der Waals surface area (Å²) in [6.45, 7) is 6.31. The van der Waals surface area contributed by atoms with Gasteiger partial charge in [0.25, 0.3) is 0 Å². The fraction of sp³-hybridized carbons (Fsp3) is 0.684. The Labute approximate surface area is 129 Å². The minimum Gasteiger partial charge on any atom is -0.491 e.